The molecule has 0 radical (unpaired) electrons. The lowest BCUT2D eigenvalue weighted by Crippen LogP contribution is -2.27. The molecule has 0 atom stereocenters. The molecule has 0 aromatic carbocycles. The van der Waals surface area contributed by atoms with Gasteiger partial charge in [0.2, 0.25) is 0 Å². The van der Waals surface area contributed by atoms with E-state index in [1.807, 2.05) is 27.7 Å². The van der Waals surface area contributed by atoms with Gasteiger partial charge in [-0.05, 0) is 66.7 Å². The van der Waals surface area contributed by atoms with Crippen LogP contribution in [0, 0.1) is 20.2 Å². The fourth-order valence-electron chi connectivity index (χ4n) is 2.36. The highest BCUT2D eigenvalue weighted by atomic mass is 16.9. The van der Waals surface area contributed by atoms with E-state index < -0.39 is 10.2 Å². The zero-order valence-electron chi connectivity index (χ0n) is 19.7. The van der Waals surface area contributed by atoms with Crippen molar-refractivity contribution in [2.45, 2.75) is 66.0 Å². The van der Waals surface area contributed by atoms with Crippen LogP contribution in [-0.2, 0) is 18.9 Å². The van der Waals surface area contributed by atoms with Crippen LogP contribution in [0.3, 0.4) is 0 Å². The van der Waals surface area contributed by atoms with Crippen molar-refractivity contribution >= 4 is 0 Å². The van der Waals surface area contributed by atoms with Crippen LogP contribution in [0.25, 0.3) is 0 Å². The first-order valence-electron chi connectivity index (χ1n) is 10.8. The van der Waals surface area contributed by atoms with E-state index >= 15 is 0 Å². The minimum absolute atomic E-state index is 0.0715. The van der Waals surface area contributed by atoms with Gasteiger partial charge >= 0.3 is 0 Å². The molecule has 4 N–H and O–H groups in total. The van der Waals surface area contributed by atoms with Crippen LogP contribution in [0.1, 0.15) is 53.4 Å². The van der Waals surface area contributed by atoms with Crippen molar-refractivity contribution in [1.82, 2.24) is 10.6 Å². The Morgan fingerprint density at radius 3 is 1.12 bits per heavy atom. The van der Waals surface area contributed by atoms with Crippen LogP contribution in [-0.4, -0.2) is 85.8 Å². The van der Waals surface area contributed by atoms with Crippen molar-refractivity contribution in [2.24, 2.45) is 0 Å². The van der Waals surface area contributed by atoms with Crippen LogP contribution in [0.5, 0.6) is 0 Å². The first-order chi connectivity index (χ1) is 15.2. The van der Waals surface area contributed by atoms with Gasteiger partial charge in [-0.15, -0.1) is 20.2 Å². The maximum absolute atomic E-state index is 8.36. The molecule has 0 saturated carbocycles. The molecule has 0 heterocycles. The number of unbranched alkanes of at least 4 members (excludes halogenated alkanes) is 1. The maximum Gasteiger partial charge on any atom is 0.291 e. The molecular formula is C18H42N4O10. The number of rotatable bonds is 19. The molecule has 194 valence electrons. The summed E-state index contributed by atoms with van der Waals surface area (Å²) in [5.74, 6) is 0. The fourth-order valence-corrected chi connectivity index (χ4v) is 2.36. The Bertz CT molecular complexity index is 352. The summed E-state index contributed by atoms with van der Waals surface area (Å²) in [6, 6.07) is 0. The third-order valence-corrected chi connectivity index (χ3v) is 3.48. The molecule has 0 aliphatic carbocycles. The van der Waals surface area contributed by atoms with Crippen LogP contribution in [0.2, 0.25) is 0 Å². The molecule has 0 aliphatic heterocycles. The van der Waals surface area contributed by atoms with Crippen LogP contribution in [0.15, 0.2) is 0 Å². The van der Waals surface area contributed by atoms with E-state index in [-0.39, 0.29) is 12.6 Å². The van der Waals surface area contributed by atoms with Crippen LogP contribution in [0.4, 0.5) is 0 Å². The molecule has 0 saturated heterocycles. The van der Waals surface area contributed by atoms with Gasteiger partial charge in [-0.2, -0.15) is 0 Å². The molecule has 0 aliphatic rings. The monoisotopic (exact) mass is 474 g/mol. The summed E-state index contributed by atoms with van der Waals surface area (Å²) in [5, 5.41) is 34.2. The van der Waals surface area contributed by atoms with Gasteiger partial charge in [-0.3, -0.25) is 0 Å². The predicted molar refractivity (Wildman–Crippen MR) is 116 cm³/mol. The van der Waals surface area contributed by atoms with Crippen LogP contribution >= 0.6 is 0 Å². The summed E-state index contributed by atoms with van der Waals surface area (Å²) < 4.78 is 22.1. The lowest BCUT2D eigenvalue weighted by Gasteiger charge is -2.17. The molecule has 32 heavy (non-hydrogen) atoms. The highest BCUT2D eigenvalue weighted by Crippen LogP contribution is 2.01. The second kappa shape index (κ2) is 29.2. The van der Waals surface area contributed by atoms with Gasteiger partial charge in [-0.1, -0.05) is 0 Å². The average molecular weight is 475 g/mol. The molecule has 0 spiro atoms. The molecule has 14 nitrogen and oxygen atoms in total. The normalized spacial score (nSPS) is 10.3. The number of nitrogens with one attached hydrogen (secondary N) is 2. The highest BCUT2D eigenvalue weighted by molar-refractivity contribution is 4.55. The quantitative estimate of drug-likeness (QED) is 0.0921. The van der Waals surface area contributed by atoms with Gasteiger partial charge < -0.3 is 40.0 Å². The first-order valence-corrected chi connectivity index (χ1v) is 10.8. The zero-order chi connectivity index (χ0) is 25.0. The minimum Gasteiger partial charge on any atom is -0.353 e. The summed E-state index contributed by atoms with van der Waals surface area (Å²) in [5.41, 5.74) is 0. The van der Waals surface area contributed by atoms with Gasteiger partial charge in [-0.25, -0.2) is 0 Å². The van der Waals surface area contributed by atoms with Gasteiger partial charge in [0.25, 0.3) is 10.2 Å². The van der Waals surface area contributed by atoms with E-state index in [9.17, 15) is 0 Å². The van der Waals surface area contributed by atoms with Gasteiger partial charge in [0.05, 0.1) is 0 Å². The number of hydrogen-bond donors (Lipinski definition) is 4. The first kappa shape index (κ1) is 34.8. The highest BCUT2D eigenvalue weighted by Gasteiger charge is 2.07. The summed E-state index contributed by atoms with van der Waals surface area (Å²) in [6.07, 6.45) is 3.99. The molecule has 0 amide bonds. The molecule has 0 rings (SSSR count). The molecule has 14 heteroatoms. The molecule has 0 aromatic heterocycles. The van der Waals surface area contributed by atoms with E-state index in [0.29, 0.717) is 26.4 Å². The third-order valence-electron chi connectivity index (χ3n) is 3.48. The summed E-state index contributed by atoms with van der Waals surface area (Å²) in [4.78, 5) is 16.7. The third kappa shape index (κ3) is 38.7. The van der Waals surface area contributed by atoms with E-state index in [0.717, 1.165) is 39.0 Å². The molecule has 0 fully saturated rings. The summed E-state index contributed by atoms with van der Waals surface area (Å²) in [7, 11) is 0. The van der Waals surface area contributed by atoms with Crippen molar-refractivity contribution in [1.29, 1.82) is 0 Å². The van der Waals surface area contributed by atoms with Crippen molar-refractivity contribution < 1.29 is 39.5 Å². The van der Waals surface area contributed by atoms with Crippen LogP contribution < -0.4 is 10.6 Å². The molecule has 0 bridgehead atoms. The number of hydrogen-bond acceptors (Lipinski definition) is 10. The topological polar surface area (TPSA) is 188 Å². The molecular weight excluding hydrogens is 432 g/mol. The predicted octanol–water partition coefficient (Wildman–Crippen LogP) is 1.83. The second-order valence-electron chi connectivity index (χ2n) is 5.94. The molecule has 0 aromatic rings. The van der Waals surface area contributed by atoms with Gasteiger partial charge in [0.1, 0.15) is 0 Å². The zero-order valence-corrected chi connectivity index (χ0v) is 19.7. The Hall–Kier alpha value is -1.84. The number of nitrogens with zero attached hydrogens (tertiary/aromatic N) is 2. The minimum atomic E-state index is -1.50. The SMILES string of the molecule is CCOC(CCNCCCCNCCC(OCC)OCC)OCC.O=[N+]([O-])O.O=[N+]([O-])O. The van der Waals surface area contributed by atoms with E-state index in [2.05, 4.69) is 10.6 Å². The summed E-state index contributed by atoms with van der Waals surface area (Å²) in [6.45, 7) is 14.7. The maximum atomic E-state index is 8.36. The number of ether oxygens (including phenoxy) is 4. The van der Waals surface area contributed by atoms with Crippen molar-refractivity contribution in [3.05, 3.63) is 20.2 Å². The lowest BCUT2D eigenvalue weighted by atomic mass is 10.3. The fraction of sp³-hybridized carbons (Fsp3) is 1.00. The largest absolute Gasteiger partial charge is 0.353 e. The lowest BCUT2D eigenvalue weighted by molar-refractivity contribution is -0.742. The van der Waals surface area contributed by atoms with Gasteiger partial charge in [0.15, 0.2) is 12.6 Å². The van der Waals surface area contributed by atoms with E-state index in [4.69, 9.17) is 49.6 Å². The Morgan fingerprint density at radius 2 is 0.906 bits per heavy atom. The summed E-state index contributed by atoms with van der Waals surface area (Å²) >= 11 is 0. The Labute approximate surface area is 189 Å². The van der Waals surface area contributed by atoms with Crippen molar-refractivity contribution in [3.63, 3.8) is 0 Å². The van der Waals surface area contributed by atoms with E-state index in [1.54, 1.807) is 0 Å². The van der Waals surface area contributed by atoms with Gasteiger partial charge in [0, 0.05) is 39.3 Å². The smallest absolute Gasteiger partial charge is 0.291 e. The Kier molecular flexibility index (Phi) is 31.7. The van der Waals surface area contributed by atoms with Crippen molar-refractivity contribution in [2.75, 3.05) is 52.6 Å². The Morgan fingerprint density at radius 1 is 0.656 bits per heavy atom. The van der Waals surface area contributed by atoms with E-state index in [1.165, 1.54) is 12.8 Å². The Balaban J connectivity index is -0.000000896. The second-order valence-corrected chi connectivity index (χ2v) is 5.94. The standard InChI is InChI=1S/C18H40N2O4.2HNO3/c1-5-21-17(22-6-2)11-15-19-13-9-10-14-20-16-12-18(23-7-3)24-8-4;2*2-1(3)4/h17-20H,5-16H2,1-4H3;2*(H,2,3,4). The average Bonchev–Trinajstić information content (AvgIpc) is 2.69. The molecule has 0 unspecified atom stereocenters. The van der Waals surface area contributed by atoms with Crippen molar-refractivity contribution in [3.8, 4) is 0 Å².